The summed E-state index contributed by atoms with van der Waals surface area (Å²) in [6, 6.07) is -0.808. The van der Waals surface area contributed by atoms with Gasteiger partial charge in [0.15, 0.2) is 0 Å². The number of rotatable bonds is 35. The quantitative estimate of drug-likeness (QED) is 0.0297. The lowest BCUT2D eigenvalue weighted by Gasteiger charge is -2.30. The molecule has 0 heterocycles. The molecule has 0 aliphatic rings. The van der Waals surface area contributed by atoms with E-state index >= 15 is 0 Å². The van der Waals surface area contributed by atoms with Crippen molar-refractivity contribution >= 4 is 13.7 Å². The van der Waals surface area contributed by atoms with Crippen LogP contribution in [0.3, 0.4) is 0 Å². The molecule has 8 nitrogen and oxygen atoms in total. The zero-order chi connectivity index (χ0) is 35.1. The van der Waals surface area contributed by atoms with Crippen molar-refractivity contribution in [3.63, 3.8) is 0 Å². The molecule has 0 spiro atoms. The first-order chi connectivity index (χ1) is 22.5. The summed E-state index contributed by atoms with van der Waals surface area (Å²) in [5.74, 6) is -0.177. The fraction of sp³-hybridized carbons (Fsp3) is 0.921. The Labute approximate surface area is 291 Å². The van der Waals surface area contributed by atoms with E-state index in [9.17, 15) is 19.4 Å². The topological polar surface area (TPSA) is 108 Å². The predicted molar refractivity (Wildman–Crippen MR) is 196 cm³/mol. The molecule has 47 heavy (non-hydrogen) atoms. The SMILES string of the molecule is CCCCCCCCCC/C=C/CCCC[C@@H](O)[C@H](COP(=O)([O-])OCC[N+](C)(C)C)NC(=O)CCCCCCCCCCCCC. The van der Waals surface area contributed by atoms with Crippen LogP contribution in [-0.4, -0.2) is 68.5 Å². The molecule has 0 aliphatic heterocycles. The molecule has 0 bridgehead atoms. The number of hydrogen-bond donors (Lipinski definition) is 2. The number of unbranched alkanes of at least 4 members (excludes halogenated alkanes) is 20. The molecule has 0 aliphatic carbocycles. The van der Waals surface area contributed by atoms with Crippen LogP contribution in [-0.2, 0) is 18.4 Å². The van der Waals surface area contributed by atoms with Crippen molar-refractivity contribution in [1.82, 2.24) is 5.32 Å². The summed E-state index contributed by atoms with van der Waals surface area (Å²) >= 11 is 0. The van der Waals surface area contributed by atoms with E-state index in [1.54, 1.807) is 0 Å². The van der Waals surface area contributed by atoms with Crippen LogP contribution in [0.4, 0.5) is 0 Å². The van der Waals surface area contributed by atoms with Crippen molar-refractivity contribution in [2.75, 3.05) is 40.9 Å². The fourth-order valence-electron chi connectivity index (χ4n) is 5.56. The second-order valence-corrected chi connectivity index (χ2v) is 16.0. The van der Waals surface area contributed by atoms with Gasteiger partial charge >= 0.3 is 0 Å². The normalized spacial score (nSPS) is 14.8. The van der Waals surface area contributed by atoms with E-state index in [4.69, 9.17) is 9.05 Å². The summed E-state index contributed by atoms with van der Waals surface area (Å²) in [5.41, 5.74) is 0. The van der Waals surface area contributed by atoms with Gasteiger partial charge in [0.1, 0.15) is 13.2 Å². The van der Waals surface area contributed by atoms with Crippen LogP contribution in [0, 0.1) is 0 Å². The molecule has 0 saturated carbocycles. The third-order valence-electron chi connectivity index (χ3n) is 8.75. The largest absolute Gasteiger partial charge is 0.756 e. The predicted octanol–water partition coefficient (Wildman–Crippen LogP) is 9.39. The summed E-state index contributed by atoms with van der Waals surface area (Å²) in [6.45, 7) is 4.67. The Morgan fingerprint density at radius 1 is 0.723 bits per heavy atom. The monoisotopic (exact) mass is 689 g/mol. The molecular formula is C38H77N2O6P. The number of quaternary nitrogens is 1. The zero-order valence-corrected chi connectivity index (χ0v) is 32.4. The first kappa shape index (κ1) is 46.2. The average Bonchev–Trinajstić information content (AvgIpc) is 3.01. The zero-order valence-electron chi connectivity index (χ0n) is 31.5. The van der Waals surface area contributed by atoms with Gasteiger partial charge in [0, 0.05) is 6.42 Å². The number of likely N-dealkylation sites (N-methyl/N-ethyl adjacent to an activating group) is 1. The smallest absolute Gasteiger partial charge is 0.268 e. The Kier molecular flexibility index (Phi) is 30.7. The van der Waals surface area contributed by atoms with Crippen LogP contribution in [0.1, 0.15) is 174 Å². The summed E-state index contributed by atoms with van der Waals surface area (Å²) in [5, 5.41) is 13.8. The average molecular weight is 689 g/mol. The molecule has 0 aromatic carbocycles. The van der Waals surface area contributed by atoms with Gasteiger partial charge in [-0.2, -0.15) is 0 Å². The highest BCUT2D eigenvalue weighted by molar-refractivity contribution is 7.45. The van der Waals surface area contributed by atoms with E-state index in [0.717, 1.165) is 44.9 Å². The van der Waals surface area contributed by atoms with E-state index in [1.807, 2.05) is 21.1 Å². The van der Waals surface area contributed by atoms with Gasteiger partial charge in [-0.15, -0.1) is 0 Å². The molecule has 1 unspecified atom stereocenters. The molecule has 9 heteroatoms. The maximum Gasteiger partial charge on any atom is 0.268 e. The third-order valence-corrected chi connectivity index (χ3v) is 9.72. The number of nitrogens with zero attached hydrogens (tertiary/aromatic N) is 1. The minimum absolute atomic E-state index is 0.00921. The van der Waals surface area contributed by atoms with Crippen molar-refractivity contribution < 1.29 is 32.9 Å². The summed E-state index contributed by atoms with van der Waals surface area (Å²) in [7, 11) is 1.29. The van der Waals surface area contributed by atoms with Crippen LogP contribution in [0.15, 0.2) is 12.2 Å². The Bertz CT molecular complexity index is 789. The molecule has 2 N–H and O–H groups in total. The number of nitrogens with one attached hydrogen (secondary N) is 1. The van der Waals surface area contributed by atoms with Crippen LogP contribution in [0.25, 0.3) is 0 Å². The second kappa shape index (κ2) is 31.2. The third kappa shape index (κ3) is 33.5. The molecule has 1 amide bonds. The first-order valence-electron chi connectivity index (χ1n) is 19.5. The van der Waals surface area contributed by atoms with Crippen LogP contribution in [0.5, 0.6) is 0 Å². The molecule has 280 valence electrons. The number of phosphoric acid groups is 1. The lowest BCUT2D eigenvalue weighted by Crippen LogP contribution is -2.46. The Balaban J connectivity index is 4.50. The number of allylic oxidation sites excluding steroid dienone is 2. The molecule has 0 aromatic heterocycles. The van der Waals surface area contributed by atoms with E-state index in [1.165, 1.54) is 103 Å². The van der Waals surface area contributed by atoms with Gasteiger partial charge in [-0.25, -0.2) is 0 Å². The van der Waals surface area contributed by atoms with Crippen molar-refractivity contribution in [1.29, 1.82) is 0 Å². The van der Waals surface area contributed by atoms with Gasteiger partial charge in [-0.05, 0) is 38.5 Å². The molecule has 0 saturated heterocycles. The fourth-order valence-corrected chi connectivity index (χ4v) is 6.28. The van der Waals surface area contributed by atoms with Crippen LogP contribution >= 0.6 is 7.82 Å². The van der Waals surface area contributed by atoms with Gasteiger partial charge in [0.2, 0.25) is 5.91 Å². The maximum absolute atomic E-state index is 12.8. The Hall–Kier alpha value is -0.760. The summed E-state index contributed by atoms with van der Waals surface area (Å²) < 4.78 is 23.1. The van der Waals surface area contributed by atoms with Crippen LogP contribution < -0.4 is 10.2 Å². The highest BCUT2D eigenvalue weighted by Gasteiger charge is 2.24. The van der Waals surface area contributed by atoms with E-state index in [0.29, 0.717) is 23.9 Å². The lowest BCUT2D eigenvalue weighted by molar-refractivity contribution is -0.870. The number of aliphatic hydroxyl groups is 1. The highest BCUT2D eigenvalue weighted by atomic mass is 31.2. The van der Waals surface area contributed by atoms with E-state index in [2.05, 4.69) is 31.3 Å². The first-order valence-corrected chi connectivity index (χ1v) is 21.0. The maximum atomic E-state index is 12.8. The standard InChI is InChI=1S/C38H77N2O6P/c1-6-8-10-12-14-16-18-19-20-22-23-25-27-29-31-37(41)36(35-46-47(43,44)45-34-33-40(3,4)5)39-38(42)32-30-28-26-24-21-17-15-13-11-9-7-2/h22-23,36-37,41H,6-21,24-35H2,1-5H3,(H-,39,42,43,44)/b23-22+/t36-,37+/m0/s1. The molecular weight excluding hydrogens is 611 g/mol. The van der Waals surface area contributed by atoms with E-state index in [-0.39, 0.29) is 19.1 Å². The number of hydrogen-bond acceptors (Lipinski definition) is 6. The number of aliphatic hydroxyl groups excluding tert-OH is 1. The Morgan fingerprint density at radius 3 is 1.66 bits per heavy atom. The van der Waals surface area contributed by atoms with Crippen molar-refractivity contribution in [3.05, 3.63) is 12.2 Å². The number of carbonyl (C=O) groups excluding carboxylic acids is 1. The number of carbonyl (C=O) groups is 1. The van der Waals surface area contributed by atoms with Crippen molar-refractivity contribution in [2.24, 2.45) is 0 Å². The summed E-state index contributed by atoms with van der Waals surface area (Å²) in [4.78, 5) is 25.1. The van der Waals surface area contributed by atoms with Gasteiger partial charge < -0.3 is 28.8 Å². The van der Waals surface area contributed by atoms with Gasteiger partial charge in [0.25, 0.3) is 7.82 Å². The highest BCUT2D eigenvalue weighted by Crippen LogP contribution is 2.38. The van der Waals surface area contributed by atoms with Gasteiger partial charge in [-0.1, -0.05) is 142 Å². The molecule has 0 fully saturated rings. The number of phosphoric ester groups is 1. The van der Waals surface area contributed by atoms with E-state index < -0.39 is 20.0 Å². The molecule has 0 rings (SSSR count). The Morgan fingerprint density at radius 2 is 1.17 bits per heavy atom. The second-order valence-electron chi connectivity index (χ2n) is 14.6. The molecule has 0 aromatic rings. The summed E-state index contributed by atoms with van der Waals surface area (Å²) in [6.07, 6.45) is 32.1. The van der Waals surface area contributed by atoms with Crippen molar-refractivity contribution in [2.45, 2.75) is 187 Å². The van der Waals surface area contributed by atoms with Crippen LogP contribution in [0.2, 0.25) is 0 Å². The molecule has 3 atom stereocenters. The minimum Gasteiger partial charge on any atom is -0.756 e. The van der Waals surface area contributed by atoms with Crippen molar-refractivity contribution in [3.8, 4) is 0 Å². The van der Waals surface area contributed by atoms with Gasteiger partial charge in [-0.3, -0.25) is 9.36 Å². The number of amides is 1. The minimum atomic E-state index is -4.56. The van der Waals surface area contributed by atoms with Gasteiger partial charge in [0.05, 0.1) is 39.9 Å². The lowest BCUT2D eigenvalue weighted by atomic mass is 10.0. The molecule has 0 radical (unpaired) electrons.